The fourth-order valence-electron chi connectivity index (χ4n) is 2.47. The van der Waals surface area contributed by atoms with Gasteiger partial charge in [0.05, 0.1) is 18.8 Å². The molecule has 0 aromatic carbocycles. The van der Waals surface area contributed by atoms with E-state index in [0.29, 0.717) is 6.54 Å². The Bertz CT molecular complexity index is 482. The number of aliphatic hydroxyl groups excluding tert-OH is 1. The van der Waals surface area contributed by atoms with Crippen molar-refractivity contribution < 1.29 is 19.1 Å². The molecule has 0 aromatic rings. The second-order valence-electron chi connectivity index (χ2n) is 7.99. The predicted octanol–water partition coefficient (Wildman–Crippen LogP) is 3.71. The van der Waals surface area contributed by atoms with Crippen LogP contribution in [0.25, 0.3) is 0 Å². The van der Waals surface area contributed by atoms with Crippen LogP contribution in [0.15, 0.2) is 24.3 Å². The van der Waals surface area contributed by atoms with E-state index in [1.54, 1.807) is 11.0 Å². The number of likely N-dealkylation sites (tertiary alicyclic amines) is 1. The summed E-state index contributed by atoms with van der Waals surface area (Å²) in [6, 6.07) is -0.107. The molecule has 1 rings (SSSR count). The maximum Gasteiger partial charge on any atom is 0.410 e. The summed E-state index contributed by atoms with van der Waals surface area (Å²) in [5.74, 6) is 0. The summed E-state index contributed by atoms with van der Waals surface area (Å²) in [5, 5.41) is 9.40. The molecule has 1 amide bonds. The van der Waals surface area contributed by atoms with Gasteiger partial charge in [0, 0.05) is 6.54 Å². The van der Waals surface area contributed by atoms with Gasteiger partial charge >= 0.3 is 6.09 Å². The average molecular weight is 356 g/mol. The number of hydrogen-bond acceptors (Lipinski definition) is 4. The van der Waals surface area contributed by atoms with Crippen LogP contribution in [0.4, 0.5) is 4.79 Å². The van der Waals surface area contributed by atoms with Crippen LogP contribution >= 0.6 is 0 Å². The Hall–Kier alpha value is -1.11. The molecule has 138 valence electrons. The highest BCUT2D eigenvalue weighted by atomic mass is 28.4. The Morgan fingerprint density at radius 3 is 2.54 bits per heavy atom. The number of amides is 1. The number of carbonyl (C=O) groups is 1. The van der Waals surface area contributed by atoms with Gasteiger partial charge in [0.1, 0.15) is 6.61 Å². The van der Waals surface area contributed by atoms with Crippen LogP contribution in [0.2, 0.25) is 18.1 Å². The summed E-state index contributed by atoms with van der Waals surface area (Å²) in [6.45, 7) is 17.2. The first kappa shape index (κ1) is 20.9. The van der Waals surface area contributed by atoms with Crippen LogP contribution in [0, 0.1) is 0 Å². The Morgan fingerprint density at radius 2 is 2.04 bits per heavy atom. The summed E-state index contributed by atoms with van der Waals surface area (Å²) in [5.41, 5.74) is 0.842. The van der Waals surface area contributed by atoms with E-state index in [1.807, 2.05) is 13.0 Å². The molecule has 0 unspecified atom stereocenters. The van der Waals surface area contributed by atoms with Gasteiger partial charge in [-0.3, -0.25) is 4.90 Å². The van der Waals surface area contributed by atoms with Gasteiger partial charge in [-0.25, -0.2) is 4.79 Å². The summed E-state index contributed by atoms with van der Waals surface area (Å²) in [7, 11) is -1.90. The molecule has 0 saturated carbocycles. The number of carbonyl (C=O) groups excluding carboxylic acids is 1. The van der Waals surface area contributed by atoms with Crippen LogP contribution in [0.1, 0.15) is 34.1 Å². The lowest BCUT2D eigenvalue weighted by Crippen LogP contribution is -2.44. The lowest BCUT2D eigenvalue weighted by Gasteiger charge is -2.38. The van der Waals surface area contributed by atoms with Gasteiger partial charge < -0.3 is 14.3 Å². The first-order chi connectivity index (χ1) is 11.0. The van der Waals surface area contributed by atoms with E-state index in [0.717, 1.165) is 12.0 Å². The Balaban J connectivity index is 2.89. The van der Waals surface area contributed by atoms with Crippen LogP contribution in [0.3, 0.4) is 0 Å². The van der Waals surface area contributed by atoms with Crippen molar-refractivity contribution in [2.24, 2.45) is 0 Å². The molecular formula is C18H33NO4Si. The van der Waals surface area contributed by atoms with E-state index in [-0.39, 0.29) is 36.5 Å². The zero-order valence-electron chi connectivity index (χ0n) is 16.0. The smallest absolute Gasteiger partial charge is 0.410 e. The minimum absolute atomic E-state index is 0.00471. The van der Waals surface area contributed by atoms with Gasteiger partial charge in [0.15, 0.2) is 8.32 Å². The van der Waals surface area contributed by atoms with E-state index in [2.05, 4.69) is 40.4 Å². The third-order valence-corrected chi connectivity index (χ3v) is 9.39. The monoisotopic (exact) mass is 355 g/mol. The van der Waals surface area contributed by atoms with Crippen LogP contribution in [-0.4, -0.2) is 56.3 Å². The van der Waals surface area contributed by atoms with Crippen molar-refractivity contribution in [1.29, 1.82) is 0 Å². The average Bonchev–Trinajstić information content (AvgIpc) is 2.85. The highest BCUT2D eigenvalue weighted by Crippen LogP contribution is 2.39. The lowest BCUT2D eigenvalue weighted by atomic mass is 10.1. The van der Waals surface area contributed by atoms with Crippen molar-refractivity contribution in [2.75, 3.05) is 19.8 Å². The first-order valence-electron chi connectivity index (χ1n) is 8.52. The molecule has 5 nitrogen and oxygen atoms in total. The number of rotatable bonds is 6. The molecule has 0 spiro atoms. The van der Waals surface area contributed by atoms with Crippen molar-refractivity contribution in [3.63, 3.8) is 0 Å². The maximum atomic E-state index is 12.3. The Morgan fingerprint density at radius 1 is 1.42 bits per heavy atom. The van der Waals surface area contributed by atoms with E-state index in [1.165, 1.54) is 0 Å². The standard InChI is InChI=1S/C18H33NO4Si/c1-8-9-22-17(21)19-12-16(11-15(19)10-14(2)13-20)23-24(6,7)18(3,4)5/h8,10,15-16,20H,1,9,11-13H2,2-7H3/b14-10+/t15-,16-/m1/s1. The molecule has 1 saturated heterocycles. The highest BCUT2D eigenvalue weighted by Gasteiger charge is 2.43. The number of hydrogen-bond donors (Lipinski definition) is 1. The molecule has 1 fully saturated rings. The van der Waals surface area contributed by atoms with Gasteiger partial charge in [0.2, 0.25) is 0 Å². The minimum Gasteiger partial charge on any atom is -0.445 e. The number of ether oxygens (including phenoxy) is 1. The molecule has 24 heavy (non-hydrogen) atoms. The maximum absolute atomic E-state index is 12.3. The largest absolute Gasteiger partial charge is 0.445 e. The van der Waals surface area contributed by atoms with Gasteiger partial charge in [-0.05, 0) is 31.5 Å². The van der Waals surface area contributed by atoms with Crippen LogP contribution < -0.4 is 0 Å². The SMILES string of the molecule is C=CCOC(=O)N1C[C@H](O[Si](C)(C)C(C)(C)C)C[C@H]1/C=C(\C)CO. The van der Waals surface area contributed by atoms with Gasteiger partial charge in [-0.1, -0.05) is 45.1 Å². The van der Waals surface area contributed by atoms with Crippen molar-refractivity contribution >= 4 is 14.4 Å². The van der Waals surface area contributed by atoms with E-state index in [9.17, 15) is 9.90 Å². The van der Waals surface area contributed by atoms with E-state index in [4.69, 9.17) is 9.16 Å². The lowest BCUT2D eigenvalue weighted by molar-refractivity contribution is 0.108. The molecule has 1 aliphatic heterocycles. The Labute approximate surface area is 147 Å². The zero-order valence-corrected chi connectivity index (χ0v) is 17.0. The summed E-state index contributed by atoms with van der Waals surface area (Å²) in [4.78, 5) is 14.0. The molecule has 1 N–H and O–H groups in total. The van der Waals surface area contributed by atoms with Crippen molar-refractivity contribution in [2.45, 2.75) is 64.4 Å². The summed E-state index contributed by atoms with van der Waals surface area (Å²) < 4.78 is 11.7. The third kappa shape index (κ3) is 5.46. The molecule has 1 heterocycles. The van der Waals surface area contributed by atoms with E-state index >= 15 is 0 Å². The fraction of sp³-hybridized carbons (Fsp3) is 0.722. The van der Waals surface area contributed by atoms with Crippen molar-refractivity contribution in [1.82, 2.24) is 4.90 Å². The third-order valence-electron chi connectivity index (χ3n) is 4.86. The van der Waals surface area contributed by atoms with Gasteiger partial charge in [0.25, 0.3) is 0 Å². The van der Waals surface area contributed by atoms with Crippen molar-refractivity contribution in [3.05, 3.63) is 24.3 Å². The number of aliphatic hydroxyl groups is 1. The van der Waals surface area contributed by atoms with Gasteiger partial charge in [-0.2, -0.15) is 0 Å². The topological polar surface area (TPSA) is 59.0 Å². The molecule has 2 atom stereocenters. The fourth-order valence-corrected chi connectivity index (χ4v) is 3.82. The molecule has 0 radical (unpaired) electrons. The first-order valence-corrected chi connectivity index (χ1v) is 11.4. The second-order valence-corrected chi connectivity index (χ2v) is 12.7. The second kappa shape index (κ2) is 8.32. The molecular weight excluding hydrogens is 322 g/mol. The molecule has 0 aliphatic carbocycles. The van der Waals surface area contributed by atoms with Crippen molar-refractivity contribution in [3.8, 4) is 0 Å². The highest BCUT2D eigenvalue weighted by molar-refractivity contribution is 6.74. The predicted molar refractivity (Wildman–Crippen MR) is 99.6 cm³/mol. The van der Waals surface area contributed by atoms with E-state index < -0.39 is 8.32 Å². The molecule has 1 aliphatic rings. The Kier molecular flexibility index (Phi) is 7.25. The molecule has 0 aromatic heterocycles. The normalized spacial score (nSPS) is 22.6. The molecule has 0 bridgehead atoms. The quantitative estimate of drug-likeness (QED) is 0.583. The van der Waals surface area contributed by atoms with Gasteiger partial charge in [-0.15, -0.1) is 0 Å². The molecule has 6 heteroatoms. The zero-order chi connectivity index (χ0) is 18.5. The van der Waals surface area contributed by atoms with Crippen LogP contribution in [-0.2, 0) is 9.16 Å². The number of nitrogens with zero attached hydrogens (tertiary/aromatic N) is 1. The summed E-state index contributed by atoms with van der Waals surface area (Å²) in [6.07, 6.45) is 3.86. The van der Waals surface area contributed by atoms with Crippen LogP contribution in [0.5, 0.6) is 0 Å². The summed E-state index contributed by atoms with van der Waals surface area (Å²) >= 11 is 0. The minimum atomic E-state index is -1.90.